The molecular weight excluding hydrogens is 287 g/mol. The SMILES string of the molecule is O=C1CCCCCCCCCCC1n1cc(F)c(=O)[nH]c1=O. The van der Waals surface area contributed by atoms with E-state index in [2.05, 4.69) is 0 Å². The Morgan fingerprint density at radius 3 is 2.23 bits per heavy atom. The van der Waals surface area contributed by atoms with Gasteiger partial charge in [-0.25, -0.2) is 4.79 Å². The van der Waals surface area contributed by atoms with Gasteiger partial charge in [0.25, 0.3) is 5.56 Å². The van der Waals surface area contributed by atoms with Gasteiger partial charge in [0.2, 0.25) is 5.82 Å². The maximum Gasteiger partial charge on any atom is 0.329 e. The van der Waals surface area contributed by atoms with Crippen molar-refractivity contribution in [2.24, 2.45) is 0 Å². The zero-order valence-electron chi connectivity index (χ0n) is 12.8. The molecule has 0 amide bonds. The number of Topliss-reactive ketones (excluding diaryl/α,β-unsaturated/α-hetero) is 1. The van der Waals surface area contributed by atoms with Crippen molar-refractivity contribution >= 4 is 5.78 Å². The van der Waals surface area contributed by atoms with E-state index in [-0.39, 0.29) is 5.78 Å². The minimum absolute atomic E-state index is 0.0471. The fourth-order valence-corrected chi connectivity index (χ4v) is 3.01. The standard InChI is InChI=1S/C16H23FN2O3/c17-12-11-19(16(22)18-15(12)21)13-9-7-5-3-1-2-4-6-8-10-14(13)20/h11,13H,1-10H2,(H,18,21,22). The van der Waals surface area contributed by atoms with E-state index < -0.39 is 23.1 Å². The lowest BCUT2D eigenvalue weighted by Crippen LogP contribution is -2.36. The Bertz CT molecular complexity index is 621. The fourth-order valence-electron chi connectivity index (χ4n) is 3.01. The summed E-state index contributed by atoms with van der Waals surface area (Å²) in [6, 6.07) is -0.668. The van der Waals surface area contributed by atoms with Crippen molar-refractivity contribution in [3.05, 3.63) is 32.9 Å². The van der Waals surface area contributed by atoms with Gasteiger partial charge < -0.3 is 0 Å². The highest BCUT2D eigenvalue weighted by atomic mass is 19.1. The number of H-pyrrole nitrogens is 1. The van der Waals surface area contributed by atoms with Crippen molar-refractivity contribution in [3.63, 3.8) is 0 Å². The molecule has 122 valence electrons. The molecule has 0 aromatic carbocycles. The molecule has 1 aliphatic carbocycles. The molecule has 1 aromatic rings. The number of hydrogen-bond donors (Lipinski definition) is 1. The van der Waals surface area contributed by atoms with E-state index >= 15 is 0 Å². The molecule has 0 bridgehead atoms. The number of carbonyl (C=O) groups excluding carboxylic acids is 1. The zero-order valence-corrected chi connectivity index (χ0v) is 12.8. The second-order valence-electron chi connectivity index (χ2n) is 5.99. The van der Waals surface area contributed by atoms with Crippen LogP contribution in [0.5, 0.6) is 0 Å². The van der Waals surface area contributed by atoms with Crippen LogP contribution in [0.2, 0.25) is 0 Å². The Balaban J connectivity index is 2.23. The maximum absolute atomic E-state index is 13.5. The third-order valence-electron chi connectivity index (χ3n) is 4.28. The first-order valence-corrected chi connectivity index (χ1v) is 8.13. The normalized spacial score (nSPS) is 21.9. The van der Waals surface area contributed by atoms with Crippen LogP contribution in [0.1, 0.15) is 70.3 Å². The first-order chi connectivity index (χ1) is 10.6. The number of ketones is 1. The maximum atomic E-state index is 13.5. The molecule has 0 spiro atoms. The second-order valence-corrected chi connectivity index (χ2v) is 5.99. The van der Waals surface area contributed by atoms with E-state index in [9.17, 15) is 18.8 Å². The smallest absolute Gasteiger partial charge is 0.297 e. The quantitative estimate of drug-likeness (QED) is 0.867. The molecule has 1 fully saturated rings. The molecule has 1 aliphatic rings. The summed E-state index contributed by atoms with van der Waals surface area (Å²) in [6.45, 7) is 0. The van der Waals surface area contributed by atoms with Gasteiger partial charge in [-0.2, -0.15) is 4.39 Å². The van der Waals surface area contributed by atoms with Crippen LogP contribution in [0, 0.1) is 5.82 Å². The summed E-state index contributed by atoms with van der Waals surface area (Å²) in [5, 5.41) is 0. The van der Waals surface area contributed by atoms with Crippen molar-refractivity contribution in [3.8, 4) is 0 Å². The molecule has 0 radical (unpaired) electrons. The van der Waals surface area contributed by atoms with Crippen LogP contribution in [-0.4, -0.2) is 15.3 Å². The number of aromatic amines is 1. The van der Waals surface area contributed by atoms with Crippen LogP contribution in [-0.2, 0) is 4.79 Å². The van der Waals surface area contributed by atoms with E-state index in [1.54, 1.807) is 0 Å². The van der Waals surface area contributed by atoms with Crippen LogP contribution in [0.3, 0.4) is 0 Å². The lowest BCUT2D eigenvalue weighted by Gasteiger charge is -2.19. The largest absolute Gasteiger partial charge is 0.329 e. The van der Waals surface area contributed by atoms with Gasteiger partial charge in [0.15, 0.2) is 5.78 Å². The molecule has 1 heterocycles. The molecule has 1 N–H and O–H groups in total. The van der Waals surface area contributed by atoms with E-state index in [1.165, 1.54) is 12.8 Å². The molecule has 22 heavy (non-hydrogen) atoms. The van der Waals surface area contributed by atoms with E-state index in [4.69, 9.17) is 0 Å². The molecule has 5 nitrogen and oxygen atoms in total. The van der Waals surface area contributed by atoms with Crippen molar-refractivity contribution in [1.82, 2.24) is 9.55 Å². The third-order valence-corrected chi connectivity index (χ3v) is 4.28. The number of rotatable bonds is 1. The van der Waals surface area contributed by atoms with E-state index in [0.717, 1.165) is 49.3 Å². The van der Waals surface area contributed by atoms with Crippen molar-refractivity contribution in [2.75, 3.05) is 0 Å². The molecule has 6 heteroatoms. The van der Waals surface area contributed by atoms with Gasteiger partial charge in [-0.3, -0.25) is 19.1 Å². The number of hydrogen-bond acceptors (Lipinski definition) is 3. The Hall–Kier alpha value is -1.72. The monoisotopic (exact) mass is 310 g/mol. The Labute approximate surface area is 128 Å². The Morgan fingerprint density at radius 2 is 1.55 bits per heavy atom. The summed E-state index contributed by atoms with van der Waals surface area (Å²) in [5.74, 6) is -1.08. The molecular formula is C16H23FN2O3. The lowest BCUT2D eigenvalue weighted by molar-refractivity contribution is -0.122. The Morgan fingerprint density at radius 1 is 0.955 bits per heavy atom. The van der Waals surface area contributed by atoms with E-state index in [0.29, 0.717) is 12.8 Å². The number of carbonyl (C=O) groups is 1. The lowest BCUT2D eigenvalue weighted by atomic mass is 9.97. The first kappa shape index (κ1) is 16.6. The predicted molar refractivity (Wildman–Crippen MR) is 81.5 cm³/mol. The van der Waals surface area contributed by atoms with E-state index in [1.807, 2.05) is 4.98 Å². The summed E-state index contributed by atoms with van der Waals surface area (Å²) in [4.78, 5) is 37.4. The number of nitrogens with one attached hydrogen (secondary N) is 1. The van der Waals surface area contributed by atoms with Crippen LogP contribution in [0.4, 0.5) is 4.39 Å². The van der Waals surface area contributed by atoms with Crippen LogP contribution >= 0.6 is 0 Å². The average Bonchev–Trinajstić information content (AvgIpc) is 2.47. The highest BCUT2D eigenvalue weighted by Gasteiger charge is 2.22. The topological polar surface area (TPSA) is 71.9 Å². The third kappa shape index (κ3) is 4.39. The van der Waals surface area contributed by atoms with Gasteiger partial charge in [0, 0.05) is 6.42 Å². The molecule has 2 rings (SSSR count). The predicted octanol–water partition coefficient (Wildman–Crippen LogP) is 2.70. The number of halogens is 1. The second kappa shape index (κ2) is 8.06. The van der Waals surface area contributed by atoms with Gasteiger partial charge >= 0.3 is 5.69 Å². The van der Waals surface area contributed by atoms with Gasteiger partial charge in [-0.05, 0) is 12.8 Å². The van der Waals surface area contributed by atoms with Crippen LogP contribution in [0.25, 0.3) is 0 Å². The highest BCUT2D eigenvalue weighted by molar-refractivity contribution is 5.82. The molecule has 0 aliphatic heterocycles. The average molecular weight is 310 g/mol. The summed E-state index contributed by atoms with van der Waals surface area (Å²) in [5.41, 5.74) is -1.75. The van der Waals surface area contributed by atoms with Crippen LogP contribution < -0.4 is 11.2 Å². The van der Waals surface area contributed by atoms with Gasteiger partial charge in [0.05, 0.1) is 12.2 Å². The number of nitrogens with zero attached hydrogens (tertiary/aromatic N) is 1. The fraction of sp³-hybridized carbons (Fsp3) is 0.688. The minimum Gasteiger partial charge on any atom is -0.297 e. The van der Waals surface area contributed by atoms with Crippen molar-refractivity contribution in [2.45, 2.75) is 70.3 Å². The van der Waals surface area contributed by atoms with Gasteiger partial charge in [0.1, 0.15) is 0 Å². The molecule has 1 aromatic heterocycles. The molecule has 1 atom stereocenters. The summed E-state index contributed by atoms with van der Waals surface area (Å²) in [6.07, 6.45) is 10.1. The Kier molecular flexibility index (Phi) is 6.10. The highest BCUT2D eigenvalue weighted by Crippen LogP contribution is 2.21. The minimum atomic E-state index is -1.04. The van der Waals surface area contributed by atoms with Crippen molar-refractivity contribution < 1.29 is 9.18 Å². The summed E-state index contributed by atoms with van der Waals surface area (Å²) in [7, 11) is 0. The van der Waals surface area contributed by atoms with Gasteiger partial charge in [-0.1, -0.05) is 44.9 Å². The van der Waals surface area contributed by atoms with Crippen LogP contribution in [0.15, 0.2) is 15.8 Å². The zero-order chi connectivity index (χ0) is 15.9. The van der Waals surface area contributed by atoms with Crippen molar-refractivity contribution in [1.29, 1.82) is 0 Å². The number of aromatic nitrogens is 2. The summed E-state index contributed by atoms with van der Waals surface area (Å²) < 4.78 is 14.5. The van der Waals surface area contributed by atoms with Gasteiger partial charge in [-0.15, -0.1) is 0 Å². The summed E-state index contributed by atoms with van der Waals surface area (Å²) >= 11 is 0. The molecule has 0 saturated heterocycles. The first-order valence-electron chi connectivity index (χ1n) is 8.13. The molecule has 1 saturated carbocycles. The molecule has 1 unspecified atom stereocenters.